The number of aromatic nitrogens is 3. The van der Waals surface area contributed by atoms with Crippen molar-refractivity contribution in [3.8, 4) is 11.4 Å². The highest BCUT2D eigenvalue weighted by molar-refractivity contribution is 5.75. The van der Waals surface area contributed by atoms with Gasteiger partial charge in [0, 0.05) is 17.8 Å². The summed E-state index contributed by atoms with van der Waals surface area (Å²) >= 11 is 0. The number of benzene rings is 1. The first kappa shape index (κ1) is 10.7. The van der Waals surface area contributed by atoms with Crippen LogP contribution < -0.4 is 5.73 Å². The summed E-state index contributed by atoms with van der Waals surface area (Å²) in [5.41, 5.74) is 10.1. The number of hydrogen-bond acceptors (Lipinski definition) is 3. The molecule has 1 aromatic heterocycles. The van der Waals surface area contributed by atoms with E-state index in [0.717, 1.165) is 29.2 Å². The minimum Gasteiger partial charge on any atom is -0.398 e. The number of nitrogen functional groups attached to an aromatic ring is 1. The molecule has 0 fully saturated rings. The number of nitrogens with zero attached hydrogens (tertiary/aromatic N) is 3. The average Bonchev–Trinajstić information content (AvgIpc) is 2.71. The fourth-order valence-corrected chi connectivity index (χ4v) is 1.86. The molecule has 0 amide bonds. The van der Waals surface area contributed by atoms with E-state index in [4.69, 9.17) is 5.73 Å². The number of aryl methyl sites for hydroxylation is 3. The fraction of sp³-hybridized carbons (Fsp3) is 0.333. The Bertz CT molecular complexity index is 514. The molecule has 0 saturated heterocycles. The third-order valence-corrected chi connectivity index (χ3v) is 2.73. The van der Waals surface area contributed by atoms with Crippen LogP contribution in [0.25, 0.3) is 11.4 Å². The van der Waals surface area contributed by atoms with E-state index >= 15 is 0 Å². The van der Waals surface area contributed by atoms with Crippen LogP contribution in [0.5, 0.6) is 0 Å². The van der Waals surface area contributed by atoms with E-state index in [2.05, 4.69) is 36.2 Å². The van der Waals surface area contributed by atoms with Gasteiger partial charge in [0.25, 0.3) is 0 Å². The molecule has 16 heavy (non-hydrogen) atoms. The van der Waals surface area contributed by atoms with Crippen LogP contribution in [0.1, 0.15) is 18.1 Å². The fourth-order valence-electron chi connectivity index (χ4n) is 1.86. The summed E-state index contributed by atoms with van der Waals surface area (Å²) in [6, 6.07) is 4.13. The Morgan fingerprint density at radius 2 is 2.06 bits per heavy atom. The summed E-state index contributed by atoms with van der Waals surface area (Å²) in [5, 5.41) is 8.06. The van der Waals surface area contributed by atoms with Crippen molar-refractivity contribution in [3.05, 3.63) is 29.6 Å². The third-order valence-electron chi connectivity index (χ3n) is 2.73. The van der Waals surface area contributed by atoms with Crippen molar-refractivity contribution in [2.45, 2.75) is 27.3 Å². The van der Waals surface area contributed by atoms with Gasteiger partial charge in [-0.25, -0.2) is 0 Å². The normalized spacial score (nSPS) is 10.7. The van der Waals surface area contributed by atoms with E-state index in [0.29, 0.717) is 0 Å². The Balaban J connectivity index is 2.64. The van der Waals surface area contributed by atoms with Crippen molar-refractivity contribution in [3.63, 3.8) is 0 Å². The highest BCUT2D eigenvalue weighted by Crippen LogP contribution is 2.28. The standard InChI is InChI=1S/C12H16N4/c1-4-16-7-14-15-12(16)10-6-8(2)5-9(3)11(10)13/h5-7H,4,13H2,1-3H3. The summed E-state index contributed by atoms with van der Waals surface area (Å²) in [6.45, 7) is 6.97. The van der Waals surface area contributed by atoms with Crippen molar-refractivity contribution in [1.29, 1.82) is 0 Å². The maximum Gasteiger partial charge on any atom is 0.165 e. The van der Waals surface area contributed by atoms with Gasteiger partial charge in [0.1, 0.15) is 6.33 Å². The predicted molar refractivity (Wildman–Crippen MR) is 65.0 cm³/mol. The summed E-state index contributed by atoms with van der Waals surface area (Å²) in [7, 11) is 0. The van der Waals surface area contributed by atoms with Gasteiger partial charge >= 0.3 is 0 Å². The lowest BCUT2D eigenvalue weighted by Gasteiger charge is -2.10. The van der Waals surface area contributed by atoms with Gasteiger partial charge in [0.2, 0.25) is 0 Å². The number of anilines is 1. The Hall–Kier alpha value is -1.84. The van der Waals surface area contributed by atoms with Gasteiger partial charge in [-0.1, -0.05) is 6.07 Å². The van der Waals surface area contributed by atoms with Crippen molar-refractivity contribution in [2.75, 3.05) is 5.73 Å². The van der Waals surface area contributed by atoms with Gasteiger partial charge in [0.05, 0.1) is 0 Å². The Morgan fingerprint density at radius 3 is 2.75 bits per heavy atom. The molecule has 0 unspecified atom stereocenters. The molecule has 0 aliphatic heterocycles. The number of hydrogen-bond donors (Lipinski definition) is 1. The zero-order valence-electron chi connectivity index (χ0n) is 9.86. The van der Waals surface area contributed by atoms with Gasteiger partial charge in [-0.2, -0.15) is 0 Å². The topological polar surface area (TPSA) is 56.7 Å². The molecule has 4 heteroatoms. The average molecular weight is 216 g/mol. The van der Waals surface area contributed by atoms with Crippen LogP contribution in [-0.4, -0.2) is 14.8 Å². The molecule has 0 aliphatic carbocycles. The van der Waals surface area contributed by atoms with Crippen LogP contribution in [0.3, 0.4) is 0 Å². The van der Waals surface area contributed by atoms with Gasteiger partial charge in [-0.05, 0) is 38.0 Å². The minimum absolute atomic E-state index is 0.785. The minimum atomic E-state index is 0.785. The molecular formula is C12H16N4. The molecule has 2 N–H and O–H groups in total. The second-order valence-electron chi connectivity index (χ2n) is 3.98. The molecular weight excluding hydrogens is 200 g/mol. The summed E-state index contributed by atoms with van der Waals surface area (Å²) in [4.78, 5) is 0. The largest absolute Gasteiger partial charge is 0.398 e. The quantitative estimate of drug-likeness (QED) is 0.783. The zero-order valence-corrected chi connectivity index (χ0v) is 9.86. The van der Waals surface area contributed by atoms with Crippen LogP contribution in [-0.2, 0) is 6.54 Å². The van der Waals surface area contributed by atoms with E-state index in [9.17, 15) is 0 Å². The number of rotatable bonds is 2. The maximum absolute atomic E-state index is 6.09. The van der Waals surface area contributed by atoms with Crippen molar-refractivity contribution >= 4 is 5.69 Å². The van der Waals surface area contributed by atoms with Crippen LogP contribution in [0, 0.1) is 13.8 Å². The first-order valence-electron chi connectivity index (χ1n) is 5.38. The molecule has 0 spiro atoms. The van der Waals surface area contributed by atoms with Crippen LogP contribution >= 0.6 is 0 Å². The molecule has 0 atom stereocenters. The van der Waals surface area contributed by atoms with Crippen LogP contribution in [0.15, 0.2) is 18.5 Å². The molecule has 0 radical (unpaired) electrons. The van der Waals surface area contributed by atoms with Crippen LogP contribution in [0.4, 0.5) is 5.69 Å². The van der Waals surface area contributed by atoms with Crippen molar-refractivity contribution in [2.24, 2.45) is 0 Å². The third kappa shape index (κ3) is 1.66. The SMILES string of the molecule is CCn1cnnc1-c1cc(C)cc(C)c1N. The highest BCUT2D eigenvalue weighted by Gasteiger charge is 2.11. The second-order valence-corrected chi connectivity index (χ2v) is 3.98. The first-order valence-corrected chi connectivity index (χ1v) is 5.38. The van der Waals surface area contributed by atoms with E-state index in [1.807, 2.05) is 11.5 Å². The maximum atomic E-state index is 6.09. The summed E-state index contributed by atoms with van der Waals surface area (Å²) in [5.74, 6) is 0.840. The smallest absolute Gasteiger partial charge is 0.165 e. The van der Waals surface area contributed by atoms with Gasteiger partial charge in [-0.3, -0.25) is 0 Å². The molecule has 0 saturated carbocycles. The second kappa shape index (κ2) is 3.96. The van der Waals surface area contributed by atoms with Crippen molar-refractivity contribution in [1.82, 2.24) is 14.8 Å². The lowest BCUT2D eigenvalue weighted by molar-refractivity contribution is 0.767. The lowest BCUT2D eigenvalue weighted by Crippen LogP contribution is -2.01. The molecule has 2 rings (SSSR count). The molecule has 1 aromatic carbocycles. The van der Waals surface area contributed by atoms with E-state index in [1.165, 1.54) is 5.56 Å². The van der Waals surface area contributed by atoms with Gasteiger partial charge in [0.15, 0.2) is 5.82 Å². The molecule has 1 heterocycles. The number of nitrogens with two attached hydrogens (primary N) is 1. The molecule has 0 aliphatic rings. The molecule has 84 valence electrons. The summed E-state index contributed by atoms with van der Waals surface area (Å²) in [6.07, 6.45) is 1.73. The van der Waals surface area contributed by atoms with Gasteiger partial charge in [-0.15, -0.1) is 10.2 Å². The molecule has 4 nitrogen and oxygen atoms in total. The van der Waals surface area contributed by atoms with Gasteiger partial charge < -0.3 is 10.3 Å². The van der Waals surface area contributed by atoms with E-state index in [1.54, 1.807) is 6.33 Å². The predicted octanol–water partition coefficient (Wildman–Crippen LogP) is 2.16. The van der Waals surface area contributed by atoms with Crippen molar-refractivity contribution < 1.29 is 0 Å². The molecule has 2 aromatic rings. The highest BCUT2D eigenvalue weighted by atomic mass is 15.3. The first-order chi connectivity index (χ1) is 7.63. The monoisotopic (exact) mass is 216 g/mol. The Labute approximate surface area is 95.1 Å². The molecule has 0 bridgehead atoms. The Morgan fingerprint density at radius 1 is 1.31 bits per heavy atom. The summed E-state index contributed by atoms with van der Waals surface area (Å²) < 4.78 is 1.99. The Kier molecular flexibility index (Phi) is 2.64. The van der Waals surface area contributed by atoms with E-state index < -0.39 is 0 Å². The lowest BCUT2D eigenvalue weighted by atomic mass is 10.0. The van der Waals surface area contributed by atoms with Crippen LogP contribution in [0.2, 0.25) is 0 Å². The zero-order chi connectivity index (χ0) is 11.7. The van der Waals surface area contributed by atoms with E-state index in [-0.39, 0.29) is 0 Å².